The standard InChI is InChI=1S/C12H19N5O/c1-12(2,3)16-8-10-14-6-7-17(10)9-11(18)15-5-4-13/h6-7,16H,5,8-9H2,1-3H3,(H,15,18). The molecule has 0 saturated carbocycles. The molecule has 0 unspecified atom stereocenters. The topological polar surface area (TPSA) is 82.7 Å². The molecule has 98 valence electrons. The molecule has 0 bridgehead atoms. The van der Waals surface area contributed by atoms with Crippen LogP contribution in [0.5, 0.6) is 0 Å². The van der Waals surface area contributed by atoms with Crippen molar-refractivity contribution in [3.63, 3.8) is 0 Å². The SMILES string of the molecule is CC(C)(C)NCc1nccn1CC(=O)NCC#N. The second kappa shape index (κ2) is 6.17. The summed E-state index contributed by atoms with van der Waals surface area (Å²) >= 11 is 0. The van der Waals surface area contributed by atoms with Crippen molar-refractivity contribution in [3.05, 3.63) is 18.2 Å². The Morgan fingerprint density at radius 3 is 2.89 bits per heavy atom. The number of nitrogens with one attached hydrogen (secondary N) is 2. The van der Waals surface area contributed by atoms with Gasteiger partial charge in [-0.05, 0) is 20.8 Å². The van der Waals surface area contributed by atoms with Crippen LogP contribution in [0.4, 0.5) is 0 Å². The van der Waals surface area contributed by atoms with Gasteiger partial charge in [0.05, 0.1) is 12.6 Å². The van der Waals surface area contributed by atoms with Gasteiger partial charge >= 0.3 is 0 Å². The summed E-state index contributed by atoms with van der Waals surface area (Å²) in [4.78, 5) is 15.7. The molecular weight excluding hydrogens is 230 g/mol. The lowest BCUT2D eigenvalue weighted by atomic mass is 10.1. The number of carbonyl (C=O) groups is 1. The molecule has 6 nitrogen and oxygen atoms in total. The van der Waals surface area contributed by atoms with Gasteiger partial charge < -0.3 is 15.2 Å². The molecule has 1 heterocycles. The first kappa shape index (κ1) is 14.2. The van der Waals surface area contributed by atoms with Gasteiger partial charge in [0.25, 0.3) is 0 Å². The van der Waals surface area contributed by atoms with Crippen molar-refractivity contribution in [2.45, 2.75) is 39.4 Å². The monoisotopic (exact) mass is 249 g/mol. The summed E-state index contributed by atoms with van der Waals surface area (Å²) in [5, 5.41) is 14.2. The first-order valence-corrected chi connectivity index (χ1v) is 5.81. The zero-order valence-electron chi connectivity index (χ0n) is 11.0. The normalized spacial score (nSPS) is 11.0. The lowest BCUT2D eigenvalue weighted by molar-refractivity contribution is -0.121. The Hall–Kier alpha value is -1.87. The molecule has 1 amide bonds. The molecule has 0 spiro atoms. The number of imidazole rings is 1. The Morgan fingerprint density at radius 2 is 2.28 bits per heavy atom. The van der Waals surface area contributed by atoms with Crippen LogP contribution in [0.15, 0.2) is 12.4 Å². The highest BCUT2D eigenvalue weighted by atomic mass is 16.1. The maximum atomic E-state index is 11.5. The van der Waals surface area contributed by atoms with Gasteiger partial charge in [0.2, 0.25) is 5.91 Å². The average Bonchev–Trinajstić information content (AvgIpc) is 2.70. The fourth-order valence-electron chi connectivity index (χ4n) is 1.34. The molecule has 1 aromatic rings. The molecule has 0 aliphatic carbocycles. The lowest BCUT2D eigenvalue weighted by Crippen LogP contribution is -2.36. The number of nitrogens with zero attached hydrogens (tertiary/aromatic N) is 3. The molecular formula is C12H19N5O. The Bertz CT molecular complexity index is 438. The van der Waals surface area contributed by atoms with Crippen LogP contribution >= 0.6 is 0 Å². The fourth-order valence-corrected chi connectivity index (χ4v) is 1.34. The van der Waals surface area contributed by atoms with Gasteiger partial charge in [-0.2, -0.15) is 5.26 Å². The highest BCUT2D eigenvalue weighted by Gasteiger charge is 2.12. The third-order valence-corrected chi connectivity index (χ3v) is 2.26. The summed E-state index contributed by atoms with van der Waals surface area (Å²) in [6.45, 7) is 7.02. The Labute approximate surface area is 107 Å². The van der Waals surface area contributed by atoms with Crippen LogP contribution in [0.2, 0.25) is 0 Å². The Morgan fingerprint density at radius 1 is 1.56 bits per heavy atom. The Balaban J connectivity index is 2.55. The Kier molecular flexibility index (Phi) is 4.86. The minimum Gasteiger partial charge on any atom is -0.341 e. The van der Waals surface area contributed by atoms with Crippen molar-refractivity contribution < 1.29 is 4.79 Å². The number of carbonyl (C=O) groups excluding carboxylic acids is 1. The van der Waals surface area contributed by atoms with Crippen LogP contribution in [0.3, 0.4) is 0 Å². The predicted molar refractivity (Wildman–Crippen MR) is 67.4 cm³/mol. The van der Waals surface area contributed by atoms with Gasteiger partial charge in [-0.1, -0.05) is 0 Å². The third-order valence-electron chi connectivity index (χ3n) is 2.26. The van der Waals surface area contributed by atoms with Crippen LogP contribution in [-0.2, 0) is 17.9 Å². The molecule has 18 heavy (non-hydrogen) atoms. The summed E-state index contributed by atoms with van der Waals surface area (Å²) < 4.78 is 1.77. The molecule has 0 saturated heterocycles. The van der Waals surface area contributed by atoms with Crippen molar-refractivity contribution in [1.82, 2.24) is 20.2 Å². The highest BCUT2D eigenvalue weighted by molar-refractivity contribution is 5.75. The molecule has 0 aromatic carbocycles. The van der Waals surface area contributed by atoms with E-state index in [2.05, 4.69) is 36.4 Å². The van der Waals surface area contributed by atoms with Crippen LogP contribution in [0.25, 0.3) is 0 Å². The number of rotatable bonds is 5. The third kappa shape index (κ3) is 4.97. The highest BCUT2D eigenvalue weighted by Crippen LogP contribution is 2.03. The maximum Gasteiger partial charge on any atom is 0.240 e. The molecule has 0 fully saturated rings. The number of amides is 1. The number of aromatic nitrogens is 2. The van der Waals surface area contributed by atoms with E-state index < -0.39 is 0 Å². The van der Waals surface area contributed by atoms with Gasteiger partial charge in [0, 0.05) is 17.9 Å². The summed E-state index contributed by atoms with van der Waals surface area (Å²) in [5.74, 6) is 0.614. The van der Waals surface area contributed by atoms with E-state index in [1.54, 1.807) is 17.0 Å². The quantitative estimate of drug-likeness (QED) is 0.740. The van der Waals surface area contributed by atoms with E-state index in [0.717, 1.165) is 5.82 Å². The number of nitriles is 1. The predicted octanol–water partition coefficient (Wildman–Crippen LogP) is 0.411. The van der Waals surface area contributed by atoms with Crippen molar-refractivity contribution in [2.75, 3.05) is 6.54 Å². The zero-order valence-corrected chi connectivity index (χ0v) is 11.0. The zero-order chi connectivity index (χ0) is 13.6. The summed E-state index contributed by atoms with van der Waals surface area (Å²) in [7, 11) is 0. The van der Waals surface area contributed by atoms with Crippen molar-refractivity contribution >= 4 is 5.91 Å². The van der Waals surface area contributed by atoms with Crippen molar-refractivity contribution in [2.24, 2.45) is 0 Å². The van der Waals surface area contributed by atoms with E-state index in [0.29, 0.717) is 6.54 Å². The molecule has 2 N–H and O–H groups in total. The first-order valence-electron chi connectivity index (χ1n) is 5.81. The van der Waals surface area contributed by atoms with Crippen LogP contribution in [0.1, 0.15) is 26.6 Å². The summed E-state index contributed by atoms with van der Waals surface area (Å²) in [6, 6.07) is 1.87. The minimum atomic E-state index is -0.188. The molecule has 0 aliphatic heterocycles. The van der Waals surface area contributed by atoms with E-state index in [1.165, 1.54) is 0 Å². The fraction of sp³-hybridized carbons (Fsp3) is 0.583. The average molecular weight is 249 g/mol. The van der Waals surface area contributed by atoms with Gasteiger partial charge in [-0.15, -0.1) is 0 Å². The maximum absolute atomic E-state index is 11.5. The van der Waals surface area contributed by atoms with Crippen LogP contribution in [0, 0.1) is 11.3 Å². The molecule has 1 aromatic heterocycles. The molecule has 0 radical (unpaired) electrons. The second-order valence-corrected chi connectivity index (χ2v) is 5.01. The van der Waals surface area contributed by atoms with E-state index >= 15 is 0 Å². The molecule has 6 heteroatoms. The smallest absolute Gasteiger partial charge is 0.240 e. The lowest BCUT2D eigenvalue weighted by Gasteiger charge is -2.20. The second-order valence-electron chi connectivity index (χ2n) is 5.01. The number of hydrogen-bond acceptors (Lipinski definition) is 4. The van der Waals surface area contributed by atoms with Crippen molar-refractivity contribution in [3.8, 4) is 6.07 Å². The molecule has 1 rings (SSSR count). The van der Waals surface area contributed by atoms with Gasteiger partial charge in [0.15, 0.2) is 0 Å². The van der Waals surface area contributed by atoms with Crippen LogP contribution < -0.4 is 10.6 Å². The minimum absolute atomic E-state index is 0.000152. The van der Waals surface area contributed by atoms with E-state index in [4.69, 9.17) is 5.26 Å². The summed E-state index contributed by atoms with van der Waals surface area (Å²) in [5.41, 5.74) is -0.000152. The van der Waals surface area contributed by atoms with E-state index in [9.17, 15) is 4.79 Å². The summed E-state index contributed by atoms with van der Waals surface area (Å²) in [6.07, 6.45) is 3.42. The van der Waals surface area contributed by atoms with Gasteiger partial charge in [-0.25, -0.2) is 4.98 Å². The largest absolute Gasteiger partial charge is 0.341 e. The molecule has 0 aliphatic rings. The van der Waals surface area contributed by atoms with Crippen molar-refractivity contribution in [1.29, 1.82) is 5.26 Å². The van der Waals surface area contributed by atoms with Crippen LogP contribution in [-0.4, -0.2) is 27.5 Å². The first-order chi connectivity index (χ1) is 8.42. The van der Waals surface area contributed by atoms with Gasteiger partial charge in [0.1, 0.15) is 18.9 Å². The van der Waals surface area contributed by atoms with E-state index in [1.807, 2.05) is 6.07 Å². The van der Waals surface area contributed by atoms with E-state index in [-0.39, 0.29) is 24.5 Å². The van der Waals surface area contributed by atoms with Gasteiger partial charge in [-0.3, -0.25) is 4.79 Å². The molecule has 0 atom stereocenters. The number of hydrogen-bond donors (Lipinski definition) is 2.